The second-order valence-corrected chi connectivity index (χ2v) is 4.65. The molecule has 1 rings (SSSR count). The second-order valence-electron chi connectivity index (χ2n) is 4.65. The Kier molecular flexibility index (Phi) is 6.19. The number of urea groups is 1. The number of nitrogens with one attached hydrogen (secondary N) is 2. The van der Waals surface area contributed by atoms with Crippen LogP contribution in [0.15, 0.2) is 30.3 Å². The van der Waals surface area contributed by atoms with Crippen LogP contribution in [-0.4, -0.2) is 40.8 Å². The third-order valence-corrected chi connectivity index (χ3v) is 2.92. The summed E-state index contributed by atoms with van der Waals surface area (Å²) in [5.41, 5.74) is 1.04. The highest BCUT2D eigenvalue weighted by Gasteiger charge is 2.23. The maximum atomic E-state index is 11.6. The van der Waals surface area contributed by atoms with Crippen molar-refractivity contribution in [2.75, 3.05) is 6.54 Å². The lowest BCUT2D eigenvalue weighted by Gasteiger charge is -2.16. The van der Waals surface area contributed by atoms with Gasteiger partial charge in [0.05, 0.1) is 6.42 Å². The van der Waals surface area contributed by atoms with E-state index in [1.165, 1.54) is 0 Å². The van der Waals surface area contributed by atoms with Gasteiger partial charge in [-0.3, -0.25) is 4.79 Å². The normalized spacial score (nSPS) is 13.0. The van der Waals surface area contributed by atoms with Crippen LogP contribution in [0.2, 0.25) is 0 Å². The zero-order valence-corrected chi connectivity index (χ0v) is 11.6. The van der Waals surface area contributed by atoms with Crippen molar-refractivity contribution < 1.29 is 24.6 Å². The number of amides is 2. The van der Waals surface area contributed by atoms with Crippen LogP contribution in [-0.2, 0) is 9.59 Å². The average Bonchev–Trinajstić information content (AvgIpc) is 2.44. The number of carbonyl (C=O) groups is 3. The number of carboxylic acid groups (broad SMARTS) is 2. The SMILES string of the molecule is CC(CNC(=O)NC(CC(=O)O)C(=O)O)c1ccccc1. The fourth-order valence-corrected chi connectivity index (χ4v) is 1.73. The first-order chi connectivity index (χ1) is 9.90. The van der Waals surface area contributed by atoms with Gasteiger partial charge < -0.3 is 20.8 Å². The van der Waals surface area contributed by atoms with Crippen molar-refractivity contribution in [1.82, 2.24) is 10.6 Å². The van der Waals surface area contributed by atoms with Crippen LogP contribution in [0.1, 0.15) is 24.8 Å². The first-order valence-electron chi connectivity index (χ1n) is 6.44. The largest absolute Gasteiger partial charge is 0.481 e. The number of carboxylic acids is 2. The van der Waals surface area contributed by atoms with E-state index in [4.69, 9.17) is 10.2 Å². The summed E-state index contributed by atoms with van der Waals surface area (Å²) in [4.78, 5) is 32.9. The molecule has 1 aromatic carbocycles. The molecule has 0 aliphatic carbocycles. The summed E-state index contributed by atoms with van der Waals surface area (Å²) in [6.07, 6.45) is -0.670. The summed E-state index contributed by atoms with van der Waals surface area (Å²) < 4.78 is 0. The van der Waals surface area contributed by atoms with Gasteiger partial charge in [-0.25, -0.2) is 9.59 Å². The number of benzene rings is 1. The summed E-state index contributed by atoms with van der Waals surface area (Å²) in [6.45, 7) is 2.23. The highest BCUT2D eigenvalue weighted by Crippen LogP contribution is 2.12. The van der Waals surface area contributed by atoms with Crippen molar-refractivity contribution in [2.45, 2.75) is 25.3 Å². The summed E-state index contributed by atoms with van der Waals surface area (Å²) in [6, 6.07) is 7.36. The molecule has 1 aromatic rings. The topological polar surface area (TPSA) is 116 Å². The van der Waals surface area contributed by atoms with E-state index in [-0.39, 0.29) is 5.92 Å². The van der Waals surface area contributed by atoms with E-state index >= 15 is 0 Å². The number of aliphatic carboxylic acids is 2. The summed E-state index contributed by atoms with van der Waals surface area (Å²) >= 11 is 0. The third kappa shape index (κ3) is 5.94. The molecule has 0 radical (unpaired) electrons. The Hall–Kier alpha value is -2.57. The van der Waals surface area contributed by atoms with E-state index in [0.29, 0.717) is 6.54 Å². The van der Waals surface area contributed by atoms with E-state index < -0.39 is 30.4 Å². The summed E-state index contributed by atoms with van der Waals surface area (Å²) in [5.74, 6) is -2.62. The molecule has 114 valence electrons. The van der Waals surface area contributed by atoms with E-state index in [0.717, 1.165) is 5.56 Å². The molecule has 0 saturated carbocycles. The lowest BCUT2D eigenvalue weighted by Crippen LogP contribution is -2.47. The molecule has 0 aliphatic rings. The van der Waals surface area contributed by atoms with Crippen molar-refractivity contribution >= 4 is 18.0 Å². The molecule has 21 heavy (non-hydrogen) atoms. The van der Waals surface area contributed by atoms with Gasteiger partial charge in [0.15, 0.2) is 0 Å². The fourth-order valence-electron chi connectivity index (χ4n) is 1.73. The fraction of sp³-hybridized carbons (Fsp3) is 0.357. The molecule has 0 heterocycles. The Bertz CT molecular complexity index is 503. The number of hydrogen-bond acceptors (Lipinski definition) is 3. The first kappa shape index (κ1) is 16.5. The zero-order valence-electron chi connectivity index (χ0n) is 11.6. The maximum absolute atomic E-state index is 11.6. The Morgan fingerprint density at radius 2 is 1.76 bits per heavy atom. The van der Waals surface area contributed by atoms with Crippen LogP contribution in [0.3, 0.4) is 0 Å². The van der Waals surface area contributed by atoms with Gasteiger partial charge in [0.1, 0.15) is 6.04 Å². The quantitative estimate of drug-likeness (QED) is 0.599. The number of hydrogen-bond donors (Lipinski definition) is 4. The predicted octanol–water partition coefficient (Wildman–Crippen LogP) is 1.02. The van der Waals surface area contributed by atoms with Gasteiger partial charge in [0.25, 0.3) is 0 Å². The van der Waals surface area contributed by atoms with Crippen molar-refractivity contribution in [1.29, 1.82) is 0 Å². The van der Waals surface area contributed by atoms with Gasteiger partial charge in [-0.15, -0.1) is 0 Å². The molecule has 7 nitrogen and oxygen atoms in total. The van der Waals surface area contributed by atoms with Gasteiger partial charge in [0.2, 0.25) is 0 Å². The van der Waals surface area contributed by atoms with Gasteiger partial charge in [-0.05, 0) is 11.5 Å². The minimum absolute atomic E-state index is 0.0553. The van der Waals surface area contributed by atoms with Crippen molar-refractivity contribution in [3.8, 4) is 0 Å². The van der Waals surface area contributed by atoms with Crippen LogP contribution >= 0.6 is 0 Å². The molecule has 4 N–H and O–H groups in total. The molecule has 2 unspecified atom stereocenters. The molecular formula is C14H18N2O5. The Labute approximate surface area is 122 Å². The molecule has 0 spiro atoms. The van der Waals surface area contributed by atoms with Crippen LogP contribution < -0.4 is 10.6 Å². The lowest BCUT2D eigenvalue weighted by atomic mass is 10.0. The molecule has 2 amide bonds. The highest BCUT2D eigenvalue weighted by atomic mass is 16.4. The molecule has 0 aromatic heterocycles. The molecule has 7 heteroatoms. The molecule has 0 aliphatic heterocycles. The van der Waals surface area contributed by atoms with E-state index in [1.807, 2.05) is 37.3 Å². The minimum atomic E-state index is -1.45. The molecule has 0 saturated heterocycles. The van der Waals surface area contributed by atoms with Gasteiger partial charge in [-0.2, -0.15) is 0 Å². The summed E-state index contributed by atoms with van der Waals surface area (Å²) in [5, 5.41) is 22.1. The number of carbonyl (C=O) groups excluding carboxylic acids is 1. The molecular weight excluding hydrogens is 276 g/mol. The summed E-state index contributed by atoms with van der Waals surface area (Å²) in [7, 11) is 0. The highest BCUT2D eigenvalue weighted by molar-refractivity contribution is 5.86. The van der Waals surface area contributed by atoms with Crippen LogP contribution in [0.4, 0.5) is 4.79 Å². The van der Waals surface area contributed by atoms with Crippen LogP contribution in [0.5, 0.6) is 0 Å². The van der Waals surface area contributed by atoms with E-state index in [1.54, 1.807) is 0 Å². The Morgan fingerprint density at radius 1 is 1.14 bits per heavy atom. The van der Waals surface area contributed by atoms with Gasteiger partial charge >= 0.3 is 18.0 Å². The molecule has 0 fully saturated rings. The molecule has 0 bridgehead atoms. The average molecular weight is 294 g/mol. The van der Waals surface area contributed by atoms with E-state index in [9.17, 15) is 14.4 Å². The third-order valence-electron chi connectivity index (χ3n) is 2.92. The van der Waals surface area contributed by atoms with E-state index in [2.05, 4.69) is 10.6 Å². The monoisotopic (exact) mass is 294 g/mol. The Balaban J connectivity index is 2.46. The standard InChI is InChI=1S/C14H18N2O5/c1-9(10-5-3-2-4-6-10)8-15-14(21)16-11(13(19)20)7-12(17)18/h2-6,9,11H,7-8H2,1H3,(H,17,18)(H,19,20)(H2,15,16,21). The zero-order chi connectivity index (χ0) is 15.8. The predicted molar refractivity (Wildman–Crippen MR) is 75.1 cm³/mol. The van der Waals surface area contributed by atoms with Crippen LogP contribution in [0.25, 0.3) is 0 Å². The number of rotatable bonds is 7. The minimum Gasteiger partial charge on any atom is -0.481 e. The second kappa shape index (κ2) is 7.88. The van der Waals surface area contributed by atoms with Crippen LogP contribution in [0, 0.1) is 0 Å². The first-order valence-corrected chi connectivity index (χ1v) is 6.44. The van der Waals surface area contributed by atoms with Crippen molar-refractivity contribution in [3.63, 3.8) is 0 Å². The van der Waals surface area contributed by atoms with Crippen molar-refractivity contribution in [3.05, 3.63) is 35.9 Å². The molecule has 2 atom stereocenters. The lowest BCUT2D eigenvalue weighted by molar-refractivity contribution is -0.145. The van der Waals surface area contributed by atoms with Gasteiger partial charge in [0, 0.05) is 6.54 Å². The Morgan fingerprint density at radius 3 is 2.29 bits per heavy atom. The van der Waals surface area contributed by atoms with Gasteiger partial charge in [-0.1, -0.05) is 37.3 Å². The van der Waals surface area contributed by atoms with Crippen molar-refractivity contribution in [2.24, 2.45) is 0 Å². The smallest absolute Gasteiger partial charge is 0.326 e. The maximum Gasteiger partial charge on any atom is 0.326 e.